The number of aliphatic hydroxyl groups excluding tert-OH is 1. The summed E-state index contributed by atoms with van der Waals surface area (Å²) < 4.78 is 39.5. The Kier molecular flexibility index (Phi) is 56.3. The molecular formula is C66H111O11P. The molecule has 0 aliphatic carbocycles. The Balaban J connectivity index is 4.81. The standard InChI is InChI=1S/C66H111O11P/c1-4-7-10-13-16-19-22-25-27-29-31-33-35-38-40-43-46-49-52-55-64(68)73-59-63(77-66(70)57-54-51-48-45-42-39-36-34-32-30-28-26-23-20-17-14-11-8-5-2)61-75-78(71,72)74-60-62(58-67)76-65(69)56-53-50-47-44-41-37-24-21-18-15-12-9-6-3/h8-9,11-12,17-18,20-21,26,28,32,34,37,39,41-42,47,50,62-63,67H,4-7,10,13-16,19,22-25,27,29-31,33,35-36,38,40,43-46,48-49,51-61H2,1-3H3,(H,71,72)/b11-8-,12-9-,20-17-,21-18-,28-26-,34-32-,41-37-,42-39-,50-47-. The fourth-order valence-electron chi connectivity index (χ4n) is 8.10. The highest BCUT2D eigenvalue weighted by atomic mass is 31.2. The van der Waals surface area contributed by atoms with Crippen molar-refractivity contribution in [2.45, 2.75) is 264 Å². The lowest BCUT2D eigenvalue weighted by atomic mass is 10.0. The molecule has 0 aromatic rings. The number of carbonyl (C=O) groups excluding carboxylic acids is 3. The molecule has 0 radical (unpaired) electrons. The van der Waals surface area contributed by atoms with E-state index in [0.29, 0.717) is 19.3 Å². The second kappa shape index (κ2) is 59.3. The maximum atomic E-state index is 12.9. The van der Waals surface area contributed by atoms with E-state index in [1.807, 2.05) is 12.2 Å². The van der Waals surface area contributed by atoms with Gasteiger partial charge in [0.1, 0.15) is 12.7 Å². The third-order valence-electron chi connectivity index (χ3n) is 12.7. The molecule has 0 heterocycles. The summed E-state index contributed by atoms with van der Waals surface area (Å²) in [5.74, 6) is -1.59. The van der Waals surface area contributed by atoms with E-state index in [1.54, 1.807) is 0 Å². The molecule has 0 rings (SSSR count). The first-order valence-electron chi connectivity index (χ1n) is 30.8. The summed E-state index contributed by atoms with van der Waals surface area (Å²) in [5.41, 5.74) is 0. The zero-order valence-corrected chi connectivity index (χ0v) is 50.2. The van der Waals surface area contributed by atoms with Gasteiger partial charge in [0.15, 0.2) is 6.10 Å². The van der Waals surface area contributed by atoms with Crippen LogP contribution in [-0.2, 0) is 42.2 Å². The number of hydrogen-bond donors (Lipinski definition) is 2. The average molecular weight is 1110 g/mol. The smallest absolute Gasteiger partial charge is 0.462 e. The molecule has 0 amide bonds. The molecule has 0 fully saturated rings. The number of carbonyl (C=O) groups is 3. The van der Waals surface area contributed by atoms with Crippen LogP contribution < -0.4 is 0 Å². The first-order valence-corrected chi connectivity index (χ1v) is 32.3. The van der Waals surface area contributed by atoms with Gasteiger partial charge in [-0.25, -0.2) is 4.57 Å². The van der Waals surface area contributed by atoms with Gasteiger partial charge in [-0.1, -0.05) is 252 Å². The van der Waals surface area contributed by atoms with Crippen molar-refractivity contribution in [2.75, 3.05) is 26.4 Å². The van der Waals surface area contributed by atoms with Gasteiger partial charge < -0.3 is 24.2 Å². The zero-order chi connectivity index (χ0) is 56.9. The first kappa shape index (κ1) is 74.1. The maximum absolute atomic E-state index is 12.9. The van der Waals surface area contributed by atoms with Gasteiger partial charge in [0.05, 0.1) is 19.8 Å². The molecule has 78 heavy (non-hydrogen) atoms. The molecule has 0 aromatic carbocycles. The highest BCUT2D eigenvalue weighted by Crippen LogP contribution is 2.43. The lowest BCUT2D eigenvalue weighted by Crippen LogP contribution is -2.30. The summed E-state index contributed by atoms with van der Waals surface area (Å²) in [5, 5.41) is 9.81. The van der Waals surface area contributed by atoms with Gasteiger partial charge in [-0.05, 0) is 89.9 Å². The molecule has 446 valence electrons. The topological polar surface area (TPSA) is 155 Å². The molecular weight excluding hydrogens is 1000 g/mol. The number of rotatable bonds is 56. The molecule has 0 aliphatic rings. The van der Waals surface area contributed by atoms with Crippen molar-refractivity contribution in [3.63, 3.8) is 0 Å². The number of ether oxygens (including phenoxy) is 3. The summed E-state index contributed by atoms with van der Waals surface area (Å²) in [6, 6.07) is 0. The SMILES string of the molecule is CC/C=C\C/C=C\C/C=C\C/C=C\C/C=C\CCCCCC(=O)OC(COC(=O)CCCCCCCCCCCCCCCCCCCCC)COP(=O)(O)OCC(CO)OC(=O)CC/C=C\C/C=C\C/C=C\C/C=C\CC. The number of esters is 3. The van der Waals surface area contributed by atoms with E-state index in [0.717, 1.165) is 96.3 Å². The minimum Gasteiger partial charge on any atom is -0.462 e. The quantitative estimate of drug-likeness (QED) is 0.0197. The van der Waals surface area contributed by atoms with Crippen molar-refractivity contribution in [1.29, 1.82) is 0 Å². The molecule has 0 aromatic heterocycles. The van der Waals surface area contributed by atoms with Crippen molar-refractivity contribution in [1.82, 2.24) is 0 Å². The van der Waals surface area contributed by atoms with Crippen molar-refractivity contribution in [3.05, 3.63) is 109 Å². The Morgan fingerprint density at radius 3 is 1.10 bits per heavy atom. The normalized spacial score (nSPS) is 14.1. The van der Waals surface area contributed by atoms with Gasteiger partial charge in [0.25, 0.3) is 0 Å². The van der Waals surface area contributed by atoms with Crippen LogP contribution in [0.15, 0.2) is 109 Å². The third kappa shape index (κ3) is 56.8. The largest absolute Gasteiger partial charge is 0.472 e. The number of aliphatic hydroxyl groups is 1. The molecule has 0 saturated carbocycles. The van der Waals surface area contributed by atoms with E-state index >= 15 is 0 Å². The summed E-state index contributed by atoms with van der Waals surface area (Å²) in [7, 11) is -4.78. The molecule has 3 atom stereocenters. The maximum Gasteiger partial charge on any atom is 0.472 e. The van der Waals surface area contributed by atoms with Gasteiger partial charge in [-0.2, -0.15) is 0 Å². The number of unbranched alkanes of at least 4 members (excludes halogenated alkanes) is 21. The Bertz CT molecular complexity index is 1720. The molecule has 0 aliphatic heterocycles. The summed E-state index contributed by atoms with van der Waals surface area (Å²) in [6.45, 7) is 4.31. The highest BCUT2D eigenvalue weighted by Gasteiger charge is 2.28. The molecule has 11 nitrogen and oxygen atoms in total. The van der Waals surface area contributed by atoms with Gasteiger partial charge in [0, 0.05) is 19.3 Å². The number of phosphoric ester groups is 1. The average Bonchev–Trinajstić information content (AvgIpc) is 3.43. The van der Waals surface area contributed by atoms with Crippen molar-refractivity contribution in [2.24, 2.45) is 0 Å². The predicted octanol–water partition coefficient (Wildman–Crippen LogP) is 18.6. The van der Waals surface area contributed by atoms with Crippen LogP contribution in [0.3, 0.4) is 0 Å². The summed E-state index contributed by atoms with van der Waals surface area (Å²) in [4.78, 5) is 48.6. The molecule has 0 saturated heterocycles. The predicted molar refractivity (Wildman–Crippen MR) is 325 cm³/mol. The van der Waals surface area contributed by atoms with Crippen LogP contribution in [0, 0.1) is 0 Å². The van der Waals surface area contributed by atoms with Crippen LogP contribution in [0.25, 0.3) is 0 Å². The fraction of sp³-hybridized carbons (Fsp3) is 0.682. The van der Waals surface area contributed by atoms with Crippen molar-refractivity contribution >= 4 is 25.7 Å². The number of allylic oxidation sites excluding steroid dienone is 18. The van der Waals surface area contributed by atoms with E-state index in [-0.39, 0.29) is 25.9 Å². The van der Waals surface area contributed by atoms with Gasteiger partial charge in [-0.15, -0.1) is 0 Å². The van der Waals surface area contributed by atoms with Crippen LogP contribution in [0.2, 0.25) is 0 Å². The van der Waals surface area contributed by atoms with E-state index < -0.39 is 57.8 Å². The number of hydrogen-bond acceptors (Lipinski definition) is 10. The lowest BCUT2D eigenvalue weighted by molar-refractivity contribution is -0.161. The number of phosphoric acid groups is 1. The van der Waals surface area contributed by atoms with Crippen LogP contribution in [0.4, 0.5) is 0 Å². The Morgan fingerprint density at radius 2 is 0.692 bits per heavy atom. The fourth-order valence-corrected chi connectivity index (χ4v) is 8.89. The Morgan fingerprint density at radius 1 is 0.372 bits per heavy atom. The van der Waals surface area contributed by atoms with E-state index in [1.165, 1.54) is 96.3 Å². The van der Waals surface area contributed by atoms with E-state index in [2.05, 4.69) is 118 Å². The van der Waals surface area contributed by atoms with Crippen LogP contribution in [0.1, 0.15) is 252 Å². The molecule has 2 N–H and O–H groups in total. The minimum atomic E-state index is -4.78. The second-order valence-corrected chi connectivity index (χ2v) is 21.6. The Labute approximate surface area is 475 Å². The van der Waals surface area contributed by atoms with E-state index in [9.17, 15) is 28.9 Å². The molecule has 0 bridgehead atoms. The summed E-state index contributed by atoms with van der Waals surface area (Å²) in [6.07, 6.45) is 72.1. The summed E-state index contributed by atoms with van der Waals surface area (Å²) >= 11 is 0. The van der Waals surface area contributed by atoms with Crippen LogP contribution in [0.5, 0.6) is 0 Å². The van der Waals surface area contributed by atoms with Gasteiger partial charge in [-0.3, -0.25) is 23.4 Å². The van der Waals surface area contributed by atoms with Gasteiger partial charge in [0.2, 0.25) is 0 Å². The minimum absolute atomic E-state index is 0.0493. The third-order valence-corrected chi connectivity index (χ3v) is 13.7. The monoisotopic (exact) mass is 1110 g/mol. The van der Waals surface area contributed by atoms with Crippen LogP contribution >= 0.6 is 7.82 Å². The van der Waals surface area contributed by atoms with Crippen LogP contribution in [-0.4, -0.2) is 66.5 Å². The van der Waals surface area contributed by atoms with Crippen molar-refractivity contribution < 1.29 is 52.2 Å². The van der Waals surface area contributed by atoms with Gasteiger partial charge >= 0.3 is 25.7 Å². The van der Waals surface area contributed by atoms with Crippen molar-refractivity contribution in [3.8, 4) is 0 Å². The zero-order valence-electron chi connectivity index (χ0n) is 49.3. The molecule has 3 unspecified atom stereocenters. The second-order valence-electron chi connectivity index (χ2n) is 20.1. The van der Waals surface area contributed by atoms with E-state index in [4.69, 9.17) is 23.3 Å². The molecule has 12 heteroatoms. The lowest BCUT2D eigenvalue weighted by Gasteiger charge is -2.21. The first-order chi connectivity index (χ1) is 38.2. The Hall–Kier alpha value is -3.86. The molecule has 0 spiro atoms. The highest BCUT2D eigenvalue weighted by molar-refractivity contribution is 7.47.